The van der Waals surface area contributed by atoms with E-state index in [9.17, 15) is 14.4 Å². The quantitative estimate of drug-likeness (QED) is 0.387. The van der Waals surface area contributed by atoms with Gasteiger partial charge in [-0.3, -0.25) is 14.4 Å². The smallest absolute Gasteiger partial charge is 0.257 e. The van der Waals surface area contributed by atoms with Gasteiger partial charge in [0.15, 0.2) is 5.78 Å². The third-order valence-corrected chi connectivity index (χ3v) is 7.09. The lowest BCUT2D eigenvalue weighted by atomic mass is 10.0. The molecule has 6 nitrogen and oxygen atoms in total. The number of amides is 2. The molecule has 0 radical (unpaired) electrons. The maximum atomic E-state index is 13.1. The average molecular weight is 497 g/mol. The van der Waals surface area contributed by atoms with Gasteiger partial charge in [0.1, 0.15) is 5.75 Å². The number of ketones is 1. The minimum absolute atomic E-state index is 0.0374. The fourth-order valence-electron chi connectivity index (χ4n) is 4.59. The Morgan fingerprint density at radius 3 is 2.03 bits per heavy atom. The van der Waals surface area contributed by atoms with Crippen LogP contribution in [0.5, 0.6) is 5.75 Å². The van der Waals surface area contributed by atoms with Gasteiger partial charge in [0, 0.05) is 44.6 Å². The minimum Gasteiger partial charge on any atom is -0.492 e. The number of carbonyl (C=O) groups is 3. The predicted molar refractivity (Wildman–Crippen MR) is 143 cm³/mol. The van der Waals surface area contributed by atoms with Crippen LogP contribution in [0.1, 0.15) is 46.4 Å². The van der Waals surface area contributed by atoms with Gasteiger partial charge in [-0.05, 0) is 42.0 Å². The molecule has 1 heterocycles. The van der Waals surface area contributed by atoms with Crippen LogP contribution in [-0.2, 0) is 4.79 Å². The number of para-hydroxylation sites is 1. The summed E-state index contributed by atoms with van der Waals surface area (Å²) in [5.74, 6) is 1.10. The number of hydrogen-bond donors (Lipinski definition) is 0. The van der Waals surface area contributed by atoms with E-state index in [-0.39, 0.29) is 30.4 Å². The molecule has 1 aliphatic carbocycles. The van der Waals surface area contributed by atoms with Crippen LogP contribution in [0.3, 0.4) is 0 Å². The predicted octanol–water partition coefficient (Wildman–Crippen LogP) is 5.09. The van der Waals surface area contributed by atoms with Crippen LogP contribution in [0.4, 0.5) is 0 Å². The summed E-state index contributed by atoms with van der Waals surface area (Å²) in [5, 5.41) is 0. The number of rotatable bonds is 9. The maximum absolute atomic E-state index is 13.1. The van der Waals surface area contributed by atoms with Gasteiger partial charge in [0.05, 0.1) is 12.2 Å². The number of benzene rings is 3. The largest absolute Gasteiger partial charge is 0.492 e. The van der Waals surface area contributed by atoms with Crippen molar-refractivity contribution in [3.05, 3.63) is 90.0 Å². The second-order valence-corrected chi connectivity index (χ2v) is 9.79. The lowest BCUT2D eigenvalue weighted by Crippen LogP contribution is -2.50. The van der Waals surface area contributed by atoms with E-state index in [1.807, 2.05) is 72.8 Å². The van der Waals surface area contributed by atoms with Gasteiger partial charge in [-0.25, -0.2) is 0 Å². The molecular weight excluding hydrogens is 464 g/mol. The van der Waals surface area contributed by atoms with Gasteiger partial charge < -0.3 is 14.5 Å². The van der Waals surface area contributed by atoms with Crippen molar-refractivity contribution in [3.63, 3.8) is 0 Å². The summed E-state index contributed by atoms with van der Waals surface area (Å²) < 4.78 is 5.91. The Hall–Kier alpha value is -3.93. The first kappa shape index (κ1) is 24.8. The highest BCUT2D eigenvalue weighted by Crippen LogP contribution is 2.30. The maximum Gasteiger partial charge on any atom is 0.257 e. The molecule has 5 rings (SSSR count). The molecule has 190 valence electrons. The van der Waals surface area contributed by atoms with Crippen LogP contribution in [0.15, 0.2) is 78.9 Å². The molecule has 37 heavy (non-hydrogen) atoms. The van der Waals surface area contributed by atoms with Crippen LogP contribution < -0.4 is 4.74 Å². The van der Waals surface area contributed by atoms with E-state index in [4.69, 9.17) is 4.74 Å². The first-order chi connectivity index (χ1) is 18.1. The zero-order chi connectivity index (χ0) is 25.6. The van der Waals surface area contributed by atoms with Crippen molar-refractivity contribution in [2.75, 3.05) is 32.8 Å². The standard InChI is InChI=1S/C31H32N2O4/c34-28(26-14-12-25(13-15-26)24-6-2-1-3-7-24)16-17-30(35)32-18-20-33(21-19-32)31(36)27-8-4-5-9-29(27)37-22-23-10-11-23/h1-9,12-15,23H,10-11,16-22H2. The molecule has 0 unspecified atom stereocenters. The molecule has 0 spiro atoms. The topological polar surface area (TPSA) is 66.9 Å². The summed E-state index contributed by atoms with van der Waals surface area (Å²) in [7, 11) is 0. The van der Waals surface area contributed by atoms with Crippen molar-refractivity contribution in [2.24, 2.45) is 5.92 Å². The lowest BCUT2D eigenvalue weighted by Gasteiger charge is -2.35. The lowest BCUT2D eigenvalue weighted by molar-refractivity contribution is -0.132. The molecule has 1 saturated heterocycles. The summed E-state index contributed by atoms with van der Waals surface area (Å²) >= 11 is 0. The second kappa shape index (κ2) is 11.4. The van der Waals surface area contributed by atoms with Crippen molar-refractivity contribution in [2.45, 2.75) is 25.7 Å². The molecule has 1 aliphatic heterocycles. The molecule has 0 aromatic heterocycles. The minimum atomic E-state index is -0.0624. The monoisotopic (exact) mass is 496 g/mol. The molecule has 2 amide bonds. The van der Waals surface area contributed by atoms with Crippen molar-refractivity contribution in [1.29, 1.82) is 0 Å². The van der Waals surface area contributed by atoms with Crippen molar-refractivity contribution < 1.29 is 19.1 Å². The molecule has 3 aromatic rings. The van der Waals surface area contributed by atoms with Crippen molar-refractivity contribution in [3.8, 4) is 16.9 Å². The van der Waals surface area contributed by atoms with Crippen molar-refractivity contribution in [1.82, 2.24) is 9.80 Å². The fraction of sp³-hybridized carbons (Fsp3) is 0.323. The van der Waals surface area contributed by atoms with Crippen LogP contribution in [0, 0.1) is 5.92 Å². The van der Waals surface area contributed by atoms with E-state index in [2.05, 4.69) is 0 Å². The van der Waals surface area contributed by atoms with Crippen LogP contribution >= 0.6 is 0 Å². The summed E-state index contributed by atoms with van der Waals surface area (Å²) in [6.45, 7) is 2.53. The highest BCUT2D eigenvalue weighted by Gasteiger charge is 2.27. The first-order valence-corrected chi connectivity index (χ1v) is 13.1. The Kier molecular flexibility index (Phi) is 7.64. The van der Waals surface area contributed by atoms with E-state index >= 15 is 0 Å². The van der Waals surface area contributed by atoms with Crippen LogP contribution in [-0.4, -0.2) is 60.2 Å². The summed E-state index contributed by atoms with van der Waals surface area (Å²) in [5.41, 5.74) is 3.35. The molecule has 0 N–H and O–H groups in total. The van der Waals surface area contributed by atoms with Crippen LogP contribution in [0.25, 0.3) is 11.1 Å². The molecule has 0 bridgehead atoms. The average Bonchev–Trinajstić information content (AvgIpc) is 3.80. The number of Topliss-reactive ketones (excluding diaryl/α,β-unsaturated/α-hetero) is 1. The number of hydrogen-bond acceptors (Lipinski definition) is 4. The molecule has 2 fully saturated rings. The first-order valence-electron chi connectivity index (χ1n) is 13.1. The number of nitrogens with zero attached hydrogens (tertiary/aromatic N) is 2. The number of piperazine rings is 1. The Morgan fingerprint density at radius 2 is 1.32 bits per heavy atom. The third kappa shape index (κ3) is 6.26. The molecule has 6 heteroatoms. The summed E-state index contributed by atoms with van der Waals surface area (Å²) in [6, 6.07) is 24.9. The third-order valence-electron chi connectivity index (χ3n) is 7.09. The van der Waals surface area contributed by atoms with Gasteiger partial charge in [-0.2, -0.15) is 0 Å². The summed E-state index contributed by atoms with van der Waals surface area (Å²) in [4.78, 5) is 42.1. The number of ether oxygens (including phenoxy) is 1. The second-order valence-electron chi connectivity index (χ2n) is 9.79. The van der Waals surface area contributed by atoms with E-state index < -0.39 is 0 Å². The van der Waals surface area contributed by atoms with E-state index in [0.717, 1.165) is 11.1 Å². The highest BCUT2D eigenvalue weighted by atomic mass is 16.5. The highest BCUT2D eigenvalue weighted by molar-refractivity contribution is 5.98. The Bertz CT molecular complexity index is 1240. The van der Waals surface area contributed by atoms with Crippen LogP contribution in [0.2, 0.25) is 0 Å². The summed E-state index contributed by atoms with van der Waals surface area (Å²) in [6.07, 6.45) is 2.73. The van der Waals surface area contributed by atoms with Gasteiger partial charge >= 0.3 is 0 Å². The Morgan fingerprint density at radius 1 is 0.703 bits per heavy atom. The zero-order valence-corrected chi connectivity index (χ0v) is 21.0. The Balaban J connectivity index is 1.09. The van der Waals surface area contributed by atoms with Gasteiger partial charge in [0.2, 0.25) is 5.91 Å². The fourth-order valence-corrected chi connectivity index (χ4v) is 4.59. The SMILES string of the molecule is O=C(CCC(=O)N1CCN(C(=O)c2ccccc2OCC2CC2)CC1)c1ccc(-c2ccccc2)cc1. The van der Waals surface area contributed by atoms with Gasteiger partial charge in [0.25, 0.3) is 5.91 Å². The zero-order valence-electron chi connectivity index (χ0n) is 21.0. The van der Waals surface area contributed by atoms with Gasteiger partial charge in [-0.15, -0.1) is 0 Å². The van der Waals surface area contributed by atoms with E-state index in [0.29, 0.717) is 55.6 Å². The molecular formula is C31H32N2O4. The molecule has 1 saturated carbocycles. The van der Waals surface area contributed by atoms with E-state index in [1.54, 1.807) is 15.9 Å². The van der Waals surface area contributed by atoms with Crippen molar-refractivity contribution >= 4 is 17.6 Å². The molecule has 3 aromatic carbocycles. The van der Waals surface area contributed by atoms with Gasteiger partial charge in [-0.1, -0.05) is 66.7 Å². The van der Waals surface area contributed by atoms with E-state index in [1.165, 1.54) is 12.8 Å². The Labute approximate surface area is 217 Å². The normalized spacial score (nSPS) is 15.4. The molecule has 2 aliphatic rings. The number of carbonyl (C=O) groups excluding carboxylic acids is 3. The molecule has 0 atom stereocenters.